The largest absolute Gasteiger partial charge is 0.515 e. The number of terminal acetylenes is 1. The Bertz CT molecular complexity index is 1800. The molecule has 1 saturated heterocycles. The number of aliphatic hydroxyl groups is 1. The Kier molecular flexibility index (Phi) is 9.05. The number of ether oxygens (including phenoxy) is 1. The van der Waals surface area contributed by atoms with Gasteiger partial charge < -0.3 is 14.7 Å². The standard InChI is InChI=1S/C24H32N2O3Si.C15H12O2/c1-24(2,3)29-23(28)26-21-17-11-9-10-16(12-13-30(6,7)8)18(17)14-19(21)20(22(26)27)15-25(4)5;1-2-9-4-3-5-10-11(9)6-12-13(10)7-15(17)14(12)8-16/h9-11,15,19,21H,14H2,1-8H3;1,3-5,8,12-13,16H,6-7H2/b20-15-;14-8-. The maximum absolute atomic E-state index is 13.2. The minimum atomic E-state index is -1.52. The van der Waals surface area contributed by atoms with E-state index >= 15 is 0 Å². The van der Waals surface area contributed by atoms with Gasteiger partial charge in [-0.25, -0.2) is 9.69 Å². The summed E-state index contributed by atoms with van der Waals surface area (Å²) >= 11 is 0. The highest BCUT2D eigenvalue weighted by molar-refractivity contribution is 6.83. The van der Waals surface area contributed by atoms with E-state index in [2.05, 4.69) is 43.1 Å². The molecule has 6 rings (SSSR count). The predicted octanol–water partition coefficient (Wildman–Crippen LogP) is 6.69. The van der Waals surface area contributed by atoms with Crippen LogP contribution in [0.5, 0.6) is 0 Å². The molecule has 0 radical (unpaired) electrons. The number of aliphatic hydroxyl groups excluding tert-OH is 1. The number of carbonyl (C=O) groups excluding carboxylic acids is 3. The second-order valence-corrected chi connectivity index (χ2v) is 19.7. The zero-order valence-electron chi connectivity index (χ0n) is 28.6. The highest BCUT2D eigenvalue weighted by Crippen LogP contribution is 2.51. The summed E-state index contributed by atoms with van der Waals surface area (Å²) < 4.78 is 5.59. The number of hydrogen-bond donors (Lipinski definition) is 1. The monoisotopic (exact) mass is 648 g/mol. The van der Waals surface area contributed by atoms with Crippen molar-refractivity contribution in [1.82, 2.24) is 9.80 Å². The number of Topliss-reactive ketones (excluding diaryl/α,β-unsaturated/α-hetero) is 1. The van der Waals surface area contributed by atoms with Crippen LogP contribution < -0.4 is 0 Å². The first-order chi connectivity index (χ1) is 22.0. The maximum atomic E-state index is 13.2. The molecule has 0 spiro atoms. The van der Waals surface area contributed by atoms with E-state index in [-0.39, 0.29) is 35.5 Å². The van der Waals surface area contributed by atoms with E-state index < -0.39 is 19.8 Å². The molecule has 4 aliphatic rings. The summed E-state index contributed by atoms with van der Waals surface area (Å²) in [6, 6.07) is 11.6. The van der Waals surface area contributed by atoms with E-state index in [4.69, 9.17) is 16.3 Å². The minimum Gasteiger partial charge on any atom is -0.515 e. The van der Waals surface area contributed by atoms with Gasteiger partial charge in [0.2, 0.25) is 0 Å². The van der Waals surface area contributed by atoms with Gasteiger partial charge in [0.05, 0.1) is 12.3 Å². The van der Waals surface area contributed by atoms with Gasteiger partial charge in [0.15, 0.2) is 5.78 Å². The molecule has 2 amide bonds. The average Bonchev–Trinajstić information content (AvgIpc) is 3.68. The van der Waals surface area contributed by atoms with Crippen molar-refractivity contribution in [3.8, 4) is 23.8 Å². The first-order valence-corrected chi connectivity index (χ1v) is 19.6. The summed E-state index contributed by atoms with van der Waals surface area (Å²) in [6.07, 6.45) is 9.69. The van der Waals surface area contributed by atoms with Gasteiger partial charge in [-0.3, -0.25) is 9.59 Å². The van der Waals surface area contributed by atoms with E-state index in [9.17, 15) is 14.4 Å². The van der Waals surface area contributed by atoms with Gasteiger partial charge in [-0.1, -0.05) is 55.7 Å². The predicted molar refractivity (Wildman–Crippen MR) is 186 cm³/mol. The van der Waals surface area contributed by atoms with Crippen molar-refractivity contribution in [2.75, 3.05) is 14.1 Å². The van der Waals surface area contributed by atoms with Gasteiger partial charge in [0, 0.05) is 60.8 Å². The lowest BCUT2D eigenvalue weighted by atomic mass is 9.95. The average molecular weight is 649 g/mol. The minimum absolute atomic E-state index is 0.0688. The van der Waals surface area contributed by atoms with Crippen molar-refractivity contribution in [2.24, 2.45) is 11.8 Å². The molecule has 1 N–H and O–H groups in total. The number of ketones is 1. The first-order valence-electron chi connectivity index (χ1n) is 16.1. The van der Waals surface area contributed by atoms with E-state index in [0.717, 1.165) is 34.9 Å². The second-order valence-electron chi connectivity index (χ2n) is 15.0. The van der Waals surface area contributed by atoms with Gasteiger partial charge in [0.1, 0.15) is 13.7 Å². The third-order valence-electron chi connectivity index (χ3n) is 8.98. The number of imide groups is 1. The molecule has 0 aromatic heterocycles. The number of fused-ring (bicyclic) bond motifs is 6. The summed E-state index contributed by atoms with van der Waals surface area (Å²) in [6.45, 7) is 12.1. The molecule has 2 fully saturated rings. The molecule has 4 atom stereocenters. The molecule has 47 heavy (non-hydrogen) atoms. The zero-order chi connectivity index (χ0) is 34.4. The van der Waals surface area contributed by atoms with Crippen LogP contribution in [-0.4, -0.2) is 60.5 Å². The summed E-state index contributed by atoms with van der Waals surface area (Å²) in [4.78, 5) is 41.1. The smallest absolute Gasteiger partial charge is 0.417 e. The molecule has 7 nitrogen and oxygen atoms in total. The van der Waals surface area contributed by atoms with Crippen LogP contribution in [0.25, 0.3) is 0 Å². The number of carbonyl (C=O) groups is 3. The lowest BCUT2D eigenvalue weighted by Crippen LogP contribution is -2.39. The summed E-state index contributed by atoms with van der Waals surface area (Å²) in [7, 11) is 2.25. The van der Waals surface area contributed by atoms with Crippen molar-refractivity contribution in [3.05, 3.63) is 93.4 Å². The topological polar surface area (TPSA) is 87.2 Å². The van der Waals surface area contributed by atoms with Gasteiger partial charge in [-0.2, -0.15) is 0 Å². The number of nitrogens with zero attached hydrogens (tertiary/aromatic N) is 2. The molecule has 244 valence electrons. The Morgan fingerprint density at radius 2 is 1.57 bits per heavy atom. The summed E-state index contributed by atoms with van der Waals surface area (Å²) in [5.41, 5.74) is 10.4. The van der Waals surface area contributed by atoms with Crippen LogP contribution in [-0.2, 0) is 27.2 Å². The van der Waals surface area contributed by atoms with Crippen molar-refractivity contribution in [1.29, 1.82) is 0 Å². The van der Waals surface area contributed by atoms with E-state index in [1.165, 1.54) is 16.0 Å². The fraction of sp³-hybridized carbons (Fsp3) is 0.410. The molecule has 1 heterocycles. The fourth-order valence-corrected chi connectivity index (χ4v) is 7.66. The molecule has 0 bridgehead atoms. The van der Waals surface area contributed by atoms with Crippen LogP contribution in [0.3, 0.4) is 0 Å². The van der Waals surface area contributed by atoms with Crippen LogP contribution >= 0.6 is 0 Å². The van der Waals surface area contributed by atoms with Gasteiger partial charge >= 0.3 is 6.09 Å². The molecule has 4 unspecified atom stereocenters. The first kappa shape index (κ1) is 33.8. The number of allylic oxidation sites excluding steroid dienone is 1. The van der Waals surface area contributed by atoms with Gasteiger partial charge in [-0.05, 0) is 73.9 Å². The lowest BCUT2D eigenvalue weighted by Gasteiger charge is -2.27. The quantitative estimate of drug-likeness (QED) is 0.161. The van der Waals surface area contributed by atoms with Crippen LogP contribution in [0, 0.1) is 35.6 Å². The molecule has 3 aliphatic carbocycles. The van der Waals surface area contributed by atoms with Crippen LogP contribution in [0.4, 0.5) is 4.79 Å². The Labute approximate surface area is 279 Å². The summed E-state index contributed by atoms with van der Waals surface area (Å²) in [5.74, 6) is 6.13. The Hall–Kier alpha value is -4.53. The Balaban J connectivity index is 0.000000214. The SMILES string of the molecule is C#Cc1cccc2c1CC1/C(=C/O)C(=O)CC21.CN(C)/C=C1\C(=O)N(C(=O)OC(C)(C)C)C2c3cccc(C#C[Si](C)(C)C)c3CC12. The normalized spacial score (nSPS) is 24.0. The maximum Gasteiger partial charge on any atom is 0.417 e. The van der Waals surface area contributed by atoms with Crippen molar-refractivity contribution in [3.63, 3.8) is 0 Å². The molecule has 2 aromatic rings. The van der Waals surface area contributed by atoms with Crippen molar-refractivity contribution >= 4 is 25.9 Å². The van der Waals surface area contributed by atoms with E-state index in [0.29, 0.717) is 24.0 Å². The molecule has 1 saturated carbocycles. The number of benzene rings is 2. The summed E-state index contributed by atoms with van der Waals surface area (Å²) in [5, 5.41) is 9.17. The number of rotatable bonds is 1. The van der Waals surface area contributed by atoms with Crippen LogP contribution in [0.15, 0.2) is 60.0 Å². The molecular formula is C39H44N2O5Si. The van der Waals surface area contributed by atoms with Crippen LogP contribution in [0.1, 0.15) is 72.5 Å². The highest BCUT2D eigenvalue weighted by atomic mass is 28.3. The third-order valence-corrected chi connectivity index (χ3v) is 9.86. The number of amides is 2. The van der Waals surface area contributed by atoms with E-state index in [1.807, 2.05) is 76.3 Å². The van der Waals surface area contributed by atoms with E-state index in [1.54, 1.807) is 0 Å². The molecule has 2 aromatic carbocycles. The lowest BCUT2D eigenvalue weighted by molar-refractivity contribution is -0.125. The number of likely N-dealkylation sites (tertiary alicyclic amines) is 1. The van der Waals surface area contributed by atoms with Crippen molar-refractivity contribution < 1.29 is 24.2 Å². The molecule has 8 heteroatoms. The molecular weight excluding hydrogens is 605 g/mol. The zero-order valence-corrected chi connectivity index (χ0v) is 29.6. The van der Waals surface area contributed by atoms with Crippen LogP contribution in [0.2, 0.25) is 19.6 Å². The second kappa shape index (κ2) is 12.6. The molecule has 1 aliphatic heterocycles. The highest BCUT2D eigenvalue weighted by Gasteiger charge is 2.53. The number of hydrogen-bond acceptors (Lipinski definition) is 6. The van der Waals surface area contributed by atoms with Gasteiger partial charge in [-0.15, -0.1) is 12.0 Å². The Morgan fingerprint density at radius 3 is 2.17 bits per heavy atom. The van der Waals surface area contributed by atoms with Crippen molar-refractivity contribution in [2.45, 2.75) is 77.2 Å². The fourth-order valence-electron chi connectivity index (χ4n) is 7.15. The Morgan fingerprint density at radius 1 is 0.957 bits per heavy atom. The van der Waals surface area contributed by atoms with Gasteiger partial charge in [0.25, 0.3) is 5.91 Å². The third kappa shape index (κ3) is 6.66.